The molecule has 1 atom stereocenters. The minimum absolute atomic E-state index is 0.0339. The molecular formula is C16H17ClFN5O2S. The van der Waals surface area contributed by atoms with E-state index in [0.717, 1.165) is 18.2 Å². The molecular weight excluding hydrogens is 381 g/mol. The lowest BCUT2D eigenvalue weighted by Crippen LogP contribution is -2.41. The van der Waals surface area contributed by atoms with Crippen LogP contribution in [0.1, 0.15) is 30.4 Å². The molecule has 0 aliphatic carbocycles. The van der Waals surface area contributed by atoms with Gasteiger partial charge in [0.25, 0.3) is 0 Å². The maximum atomic E-state index is 14.0. The summed E-state index contributed by atoms with van der Waals surface area (Å²) in [6, 6.07) is 0.629. The van der Waals surface area contributed by atoms with Crippen molar-refractivity contribution in [2.75, 3.05) is 18.2 Å². The predicted octanol–water partition coefficient (Wildman–Crippen LogP) is 1.69. The van der Waals surface area contributed by atoms with Gasteiger partial charge in [-0.3, -0.25) is 14.3 Å². The summed E-state index contributed by atoms with van der Waals surface area (Å²) in [7, 11) is 0. The number of pyridine rings is 1. The second-order valence-electron chi connectivity index (χ2n) is 6.36. The maximum absolute atomic E-state index is 14.0. The van der Waals surface area contributed by atoms with Crippen molar-refractivity contribution in [3.8, 4) is 0 Å². The molecule has 0 aromatic carbocycles. The lowest BCUT2D eigenvalue weighted by atomic mass is 10.0. The number of thioether (sulfide) groups is 1. The predicted molar refractivity (Wildman–Crippen MR) is 95.8 cm³/mol. The molecule has 1 fully saturated rings. The third kappa shape index (κ3) is 3.14. The van der Waals surface area contributed by atoms with E-state index in [0.29, 0.717) is 31.1 Å². The van der Waals surface area contributed by atoms with E-state index in [-0.39, 0.29) is 23.2 Å². The van der Waals surface area contributed by atoms with Gasteiger partial charge in [0, 0.05) is 24.9 Å². The average molecular weight is 398 g/mol. The highest BCUT2D eigenvalue weighted by Gasteiger charge is 2.34. The molecule has 1 unspecified atom stereocenters. The number of fused-ring (bicyclic) bond motifs is 1. The van der Waals surface area contributed by atoms with Crippen molar-refractivity contribution >= 4 is 29.3 Å². The van der Waals surface area contributed by atoms with Crippen LogP contribution in [0, 0.1) is 5.82 Å². The second kappa shape index (κ2) is 7.03. The molecule has 2 aromatic rings. The van der Waals surface area contributed by atoms with E-state index < -0.39 is 17.5 Å². The number of carbonyl (C=O) groups excluding carboxylic acids is 1. The Morgan fingerprint density at radius 2 is 2.31 bits per heavy atom. The van der Waals surface area contributed by atoms with Gasteiger partial charge in [-0.15, -0.1) is 11.8 Å². The molecule has 0 bridgehead atoms. The number of aryl methyl sites for hydroxylation is 1. The summed E-state index contributed by atoms with van der Waals surface area (Å²) in [5.41, 5.74) is -0.313. The van der Waals surface area contributed by atoms with Crippen LogP contribution in [-0.2, 0) is 17.8 Å². The second-order valence-corrected chi connectivity index (χ2v) is 7.87. The van der Waals surface area contributed by atoms with Crippen LogP contribution in [0.25, 0.3) is 0 Å². The lowest BCUT2D eigenvalue weighted by molar-refractivity contribution is -0.133. The van der Waals surface area contributed by atoms with Gasteiger partial charge < -0.3 is 4.90 Å². The largest absolute Gasteiger partial charge is 0.347 e. The molecule has 26 heavy (non-hydrogen) atoms. The van der Waals surface area contributed by atoms with Gasteiger partial charge >= 0.3 is 5.69 Å². The van der Waals surface area contributed by atoms with Gasteiger partial charge in [0.05, 0.1) is 23.1 Å². The Morgan fingerprint density at radius 1 is 1.46 bits per heavy atom. The third-order valence-electron chi connectivity index (χ3n) is 4.66. The van der Waals surface area contributed by atoms with E-state index in [1.54, 1.807) is 16.7 Å². The number of halogens is 2. The number of carbonyl (C=O) groups is 1. The molecule has 0 N–H and O–H groups in total. The zero-order chi connectivity index (χ0) is 18.3. The first-order valence-electron chi connectivity index (χ1n) is 8.39. The lowest BCUT2D eigenvalue weighted by Gasteiger charge is -2.26. The Labute approximate surface area is 158 Å². The molecule has 0 radical (unpaired) electrons. The molecule has 0 spiro atoms. The van der Waals surface area contributed by atoms with E-state index in [4.69, 9.17) is 11.6 Å². The number of nitrogens with zero attached hydrogens (tertiary/aromatic N) is 5. The minimum Gasteiger partial charge on any atom is -0.331 e. The maximum Gasteiger partial charge on any atom is 0.347 e. The molecule has 4 rings (SSSR count). The smallest absolute Gasteiger partial charge is 0.331 e. The van der Waals surface area contributed by atoms with Gasteiger partial charge in [0.1, 0.15) is 17.7 Å². The van der Waals surface area contributed by atoms with Crippen molar-refractivity contribution in [2.45, 2.75) is 31.8 Å². The van der Waals surface area contributed by atoms with E-state index in [9.17, 15) is 14.0 Å². The first-order chi connectivity index (χ1) is 12.5. The van der Waals surface area contributed by atoms with Crippen LogP contribution in [-0.4, -0.2) is 48.3 Å². The van der Waals surface area contributed by atoms with Crippen molar-refractivity contribution in [2.24, 2.45) is 0 Å². The summed E-state index contributed by atoms with van der Waals surface area (Å²) in [4.78, 5) is 31.4. The van der Waals surface area contributed by atoms with E-state index >= 15 is 0 Å². The van der Waals surface area contributed by atoms with Crippen molar-refractivity contribution in [1.82, 2.24) is 24.2 Å². The SMILES string of the molecule is O=C(C1CCCc2nn(Cc3ncc(Cl)cc3F)c(=O)n21)N1CCSC1. The van der Waals surface area contributed by atoms with Gasteiger partial charge in [-0.2, -0.15) is 5.10 Å². The van der Waals surface area contributed by atoms with E-state index in [2.05, 4.69) is 10.1 Å². The molecule has 2 aliphatic heterocycles. The molecule has 1 saturated heterocycles. The highest BCUT2D eigenvalue weighted by Crippen LogP contribution is 2.26. The summed E-state index contributed by atoms with van der Waals surface area (Å²) in [6.07, 6.45) is 3.36. The molecule has 1 amide bonds. The average Bonchev–Trinajstić information content (AvgIpc) is 3.26. The fraction of sp³-hybridized carbons (Fsp3) is 0.500. The number of hydrogen-bond donors (Lipinski definition) is 0. The quantitative estimate of drug-likeness (QED) is 0.788. The first kappa shape index (κ1) is 17.5. The summed E-state index contributed by atoms with van der Waals surface area (Å²) >= 11 is 7.42. The molecule has 10 heteroatoms. The third-order valence-corrected chi connectivity index (χ3v) is 5.84. The minimum atomic E-state index is -0.586. The number of aromatic nitrogens is 4. The van der Waals surface area contributed by atoms with Gasteiger partial charge in [-0.25, -0.2) is 13.9 Å². The van der Waals surface area contributed by atoms with Crippen LogP contribution < -0.4 is 5.69 Å². The van der Waals surface area contributed by atoms with Crippen LogP contribution in [0.5, 0.6) is 0 Å². The summed E-state index contributed by atoms with van der Waals surface area (Å²) in [6.45, 7) is 0.612. The van der Waals surface area contributed by atoms with Crippen LogP contribution >= 0.6 is 23.4 Å². The van der Waals surface area contributed by atoms with Gasteiger partial charge in [-0.05, 0) is 18.9 Å². The van der Waals surface area contributed by atoms with Gasteiger partial charge in [0.15, 0.2) is 0 Å². The van der Waals surface area contributed by atoms with Crippen LogP contribution in [0.4, 0.5) is 4.39 Å². The standard InChI is InChI=1S/C16H17ClFN5O2S/c17-10-6-11(18)12(19-7-10)8-22-16(25)23-13(2-1-3-14(23)20-22)15(24)21-4-5-26-9-21/h6-7,13H,1-5,8-9H2. The van der Waals surface area contributed by atoms with Crippen molar-refractivity contribution in [1.29, 1.82) is 0 Å². The fourth-order valence-corrected chi connectivity index (χ4v) is 4.47. The zero-order valence-electron chi connectivity index (χ0n) is 13.9. The summed E-state index contributed by atoms with van der Waals surface area (Å²) in [5, 5.41) is 4.51. The number of rotatable bonds is 3. The fourth-order valence-electron chi connectivity index (χ4n) is 3.37. The Hall–Kier alpha value is -1.87. The van der Waals surface area contributed by atoms with Crippen LogP contribution in [0.2, 0.25) is 5.02 Å². The van der Waals surface area contributed by atoms with E-state index in [1.807, 2.05) is 0 Å². The highest BCUT2D eigenvalue weighted by molar-refractivity contribution is 7.99. The highest BCUT2D eigenvalue weighted by atomic mass is 35.5. The number of hydrogen-bond acceptors (Lipinski definition) is 5. The molecule has 0 saturated carbocycles. The number of amides is 1. The molecule has 2 aliphatic rings. The Balaban J connectivity index is 1.65. The summed E-state index contributed by atoms with van der Waals surface area (Å²) in [5.74, 6) is 1.53. The van der Waals surface area contributed by atoms with Crippen molar-refractivity contribution in [3.05, 3.63) is 45.1 Å². The molecule has 7 nitrogen and oxygen atoms in total. The van der Waals surface area contributed by atoms with Crippen molar-refractivity contribution < 1.29 is 9.18 Å². The topological polar surface area (TPSA) is 73.0 Å². The van der Waals surface area contributed by atoms with Crippen molar-refractivity contribution in [3.63, 3.8) is 0 Å². The molecule has 138 valence electrons. The summed E-state index contributed by atoms with van der Waals surface area (Å²) < 4.78 is 16.7. The zero-order valence-corrected chi connectivity index (χ0v) is 15.5. The van der Waals surface area contributed by atoms with Crippen LogP contribution in [0.3, 0.4) is 0 Å². The van der Waals surface area contributed by atoms with Gasteiger partial charge in [-0.1, -0.05) is 11.6 Å². The Morgan fingerprint density at radius 3 is 3.04 bits per heavy atom. The monoisotopic (exact) mass is 397 g/mol. The van der Waals surface area contributed by atoms with Gasteiger partial charge in [0.2, 0.25) is 5.91 Å². The van der Waals surface area contributed by atoms with Crippen LogP contribution in [0.15, 0.2) is 17.1 Å². The Bertz CT molecular complexity index is 909. The molecule has 4 heterocycles. The normalized spacial score (nSPS) is 19.6. The van der Waals surface area contributed by atoms with E-state index in [1.165, 1.54) is 15.4 Å². The Kier molecular flexibility index (Phi) is 4.74. The molecule has 2 aromatic heterocycles. The first-order valence-corrected chi connectivity index (χ1v) is 9.92.